The van der Waals surface area contributed by atoms with Crippen LogP contribution in [0.5, 0.6) is 5.75 Å². The number of aliphatic hydroxyl groups is 1. The van der Waals surface area contributed by atoms with Gasteiger partial charge in [-0.3, -0.25) is 0 Å². The molecule has 1 N–H and O–H groups in total. The van der Waals surface area contributed by atoms with Gasteiger partial charge in [-0.1, -0.05) is 29.8 Å². The molecule has 0 aliphatic rings. The zero-order valence-electron chi connectivity index (χ0n) is 9.38. The van der Waals surface area contributed by atoms with E-state index in [1.807, 2.05) is 32.0 Å². The van der Waals surface area contributed by atoms with Gasteiger partial charge in [-0.15, -0.1) is 0 Å². The van der Waals surface area contributed by atoms with E-state index in [0.717, 1.165) is 22.2 Å². The van der Waals surface area contributed by atoms with E-state index in [1.54, 1.807) is 7.11 Å². The van der Waals surface area contributed by atoms with Crippen molar-refractivity contribution in [3.8, 4) is 5.75 Å². The molecule has 0 radical (unpaired) electrons. The Morgan fingerprint density at radius 1 is 1.40 bits per heavy atom. The molecule has 3 heteroatoms. The monoisotopic (exact) mass is 272 g/mol. The highest BCUT2D eigenvalue weighted by Gasteiger charge is 2.19. The zero-order valence-corrected chi connectivity index (χ0v) is 11.0. The van der Waals surface area contributed by atoms with E-state index >= 15 is 0 Å². The SMILES string of the molecule is COc1ccc(Br)cc1CC(C)(C)CO. The molecule has 0 saturated heterocycles. The Labute approximate surface area is 99.4 Å². The standard InChI is InChI=1S/C12H17BrO2/c1-12(2,8-14)7-9-6-10(13)4-5-11(9)15-3/h4-6,14H,7-8H2,1-3H3. The van der Waals surface area contributed by atoms with Crippen LogP contribution in [-0.4, -0.2) is 18.8 Å². The van der Waals surface area contributed by atoms with Crippen LogP contribution >= 0.6 is 15.9 Å². The molecule has 0 unspecified atom stereocenters. The summed E-state index contributed by atoms with van der Waals surface area (Å²) in [7, 11) is 1.67. The highest BCUT2D eigenvalue weighted by molar-refractivity contribution is 9.10. The van der Waals surface area contributed by atoms with Crippen LogP contribution in [0.2, 0.25) is 0 Å². The van der Waals surface area contributed by atoms with Crippen molar-refractivity contribution in [3.05, 3.63) is 28.2 Å². The fourth-order valence-electron chi connectivity index (χ4n) is 1.46. The lowest BCUT2D eigenvalue weighted by molar-refractivity contribution is 0.159. The highest BCUT2D eigenvalue weighted by Crippen LogP contribution is 2.29. The summed E-state index contributed by atoms with van der Waals surface area (Å²) in [4.78, 5) is 0. The Bertz CT molecular complexity index is 334. The van der Waals surface area contributed by atoms with Gasteiger partial charge in [0.2, 0.25) is 0 Å². The van der Waals surface area contributed by atoms with Gasteiger partial charge in [0, 0.05) is 11.1 Å². The van der Waals surface area contributed by atoms with Crippen molar-refractivity contribution in [1.29, 1.82) is 0 Å². The fraction of sp³-hybridized carbons (Fsp3) is 0.500. The van der Waals surface area contributed by atoms with Crippen LogP contribution in [0.15, 0.2) is 22.7 Å². The summed E-state index contributed by atoms with van der Waals surface area (Å²) in [6.45, 7) is 4.24. The smallest absolute Gasteiger partial charge is 0.122 e. The molecule has 0 bridgehead atoms. The van der Waals surface area contributed by atoms with Gasteiger partial charge < -0.3 is 9.84 Å². The number of rotatable bonds is 4. The molecule has 0 heterocycles. The Kier molecular flexibility index (Phi) is 4.17. The predicted molar refractivity (Wildman–Crippen MR) is 65.3 cm³/mol. The number of halogens is 1. The first-order chi connectivity index (χ1) is 6.98. The van der Waals surface area contributed by atoms with Crippen molar-refractivity contribution in [2.45, 2.75) is 20.3 Å². The Hall–Kier alpha value is -0.540. The third-order valence-electron chi connectivity index (χ3n) is 2.34. The summed E-state index contributed by atoms with van der Waals surface area (Å²) < 4.78 is 6.32. The van der Waals surface area contributed by atoms with Crippen molar-refractivity contribution in [3.63, 3.8) is 0 Å². The van der Waals surface area contributed by atoms with Crippen molar-refractivity contribution >= 4 is 15.9 Å². The molecule has 0 spiro atoms. The Morgan fingerprint density at radius 3 is 2.60 bits per heavy atom. The van der Waals surface area contributed by atoms with Crippen LogP contribution in [0.4, 0.5) is 0 Å². The van der Waals surface area contributed by atoms with Gasteiger partial charge in [-0.25, -0.2) is 0 Å². The lowest BCUT2D eigenvalue weighted by atomic mass is 9.86. The summed E-state index contributed by atoms with van der Waals surface area (Å²) in [6.07, 6.45) is 0.798. The van der Waals surface area contributed by atoms with Crippen molar-refractivity contribution in [2.75, 3.05) is 13.7 Å². The second kappa shape index (κ2) is 4.99. The summed E-state index contributed by atoms with van der Waals surface area (Å²) in [6, 6.07) is 5.93. The van der Waals surface area contributed by atoms with Gasteiger partial charge in [0.05, 0.1) is 7.11 Å². The predicted octanol–water partition coefficient (Wildman–Crippen LogP) is 3.02. The van der Waals surface area contributed by atoms with E-state index in [0.29, 0.717) is 0 Å². The largest absolute Gasteiger partial charge is 0.496 e. The molecular weight excluding hydrogens is 256 g/mol. The topological polar surface area (TPSA) is 29.5 Å². The maximum absolute atomic E-state index is 9.24. The Morgan fingerprint density at radius 2 is 2.07 bits per heavy atom. The van der Waals surface area contributed by atoms with Crippen molar-refractivity contribution < 1.29 is 9.84 Å². The van der Waals surface area contributed by atoms with Crippen LogP contribution in [0.25, 0.3) is 0 Å². The lowest BCUT2D eigenvalue weighted by Gasteiger charge is -2.22. The summed E-state index contributed by atoms with van der Waals surface area (Å²) >= 11 is 3.44. The molecule has 84 valence electrons. The number of hydrogen-bond donors (Lipinski definition) is 1. The second-order valence-corrected chi connectivity index (χ2v) is 5.37. The lowest BCUT2D eigenvalue weighted by Crippen LogP contribution is -2.20. The number of benzene rings is 1. The Balaban J connectivity index is 2.97. The van der Waals surface area contributed by atoms with Gasteiger partial charge >= 0.3 is 0 Å². The van der Waals surface area contributed by atoms with Gasteiger partial charge in [-0.05, 0) is 35.6 Å². The normalized spacial score (nSPS) is 11.5. The summed E-state index contributed by atoms with van der Waals surface area (Å²) in [5, 5.41) is 9.24. The van der Waals surface area contributed by atoms with Crippen molar-refractivity contribution in [2.24, 2.45) is 5.41 Å². The van der Waals surface area contributed by atoms with Crippen molar-refractivity contribution in [1.82, 2.24) is 0 Å². The maximum Gasteiger partial charge on any atom is 0.122 e. The van der Waals surface area contributed by atoms with E-state index in [-0.39, 0.29) is 12.0 Å². The first-order valence-corrected chi connectivity index (χ1v) is 5.71. The number of methoxy groups -OCH3 is 1. The fourth-order valence-corrected chi connectivity index (χ4v) is 1.87. The molecule has 0 aliphatic heterocycles. The summed E-state index contributed by atoms with van der Waals surface area (Å²) in [5.41, 5.74) is 1.000. The summed E-state index contributed by atoms with van der Waals surface area (Å²) in [5.74, 6) is 0.875. The molecule has 0 saturated carbocycles. The van der Waals surface area contributed by atoms with E-state index in [4.69, 9.17) is 4.74 Å². The van der Waals surface area contributed by atoms with Gasteiger partial charge in [-0.2, -0.15) is 0 Å². The van der Waals surface area contributed by atoms with Crippen LogP contribution in [0, 0.1) is 5.41 Å². The quantitative estimate of drug-likeness (QED) is 0.913. The minimum atomic E-state index is -0.117. The molecule has 1 rings (SSSR count). The first kappa shape index (κ1) is 12.5. The van der Waals surface area contributed by atoms with Crippen LogP contribution in [-0.2, 0) is 6.42 Å². The van der Waals surface area contributed by atoms with Crippen LogP contribution in [0.3, 0.4) is 0 Å². The molecular formula is C12H17BrO2. The minimum absolute atomic E-state index is 0.117. The van der Waals surface area contributed by atoms with Gasteiger partial charge in [0.25, 0.3) is 0 Å². The van der Waals surface area contributed by atoms with Crippen LogP contribution in [0.1, 0.15) is 19.4 Å². The molecule has 1 aromatic carbocycles. The molecule has 0 aliphatic carbocycles. The van der Waals surface area contributed by atoms with Gasteiger partial charge in [0.15, 0.2) is 0 Å². The third-order valence-corrected chi connectivity index (χ3v) is 2.83. The molecule has 0 amide bonds. The minimum Gasteiger partial charge on any atom is -0.496 e. The number of aliphatic hydroxyl groups excluding tert-OH is 1. The first-order valence-electron chi connectivity index (χ1n) is 4.92. The van der Waals surface area contributed by atoms with Gasteiger partial charge in [0.1, 0.15) is 5.75 Å². The van der Waals surface area contributed by atoms with Crippen LogP contribution < -0.4 is 4.74 Å². The van der Waals surface area contributed by atoms with E-state index in [9.17, 15) is 5.11 Å². The van der Waals surface area contributed by atoms with E-state index < -0.39 is 0 Å². The molecule has 0 fully saturated rings. The van der Waals surface area contributed by atoms with E-state index in [2.05, 4.69) is 15.9 Å². The number of ether oxygens (including phenoxy) is 1. The maximum atomic E-state index is 9.24. The number of hydrogen-bond acceptors (Lipinski definition) is 2. The highest BCUT2D eigenvalue weighted by atomic mass is 79.9. The average Bonchev–Trinajstić information content (AvgIpc) is 2.18. The molecule has 2 nitrogen and oxygen atoms in total. The average molecular weight is 273 g/mol. The third kappa shape index (κ3) is 3.50. The molecule has 0 atom stereocenters. The molecule has 1 aromatic rings. The second-order valence-electron chi connectivity index (χ2n) is 4.46. The molecule has 0 aromatic heterocycles. The van der Waals surface area contributed by atoms with E-state index in [1.165, 1.54) is 0 Å². The zero-order chi connectivity index (χ0) is 11.5. The molecule has 15 heavy (non-hydrogen) atoms.